The molecule has 154 valence electrons. The quantitative estimate of drug-likeness (QED) is 0.201. The maximum absolute atomic E-state index is 11.6. The number of carboxylic acids is 1. The molecule has 4 N–H and O–H groups in total. The molecule has 30 heavy (non-hydrogen) atoms. The van der Waals surface area contributed by atoms with E-state index in [1.165, 1.54) is 6.21 Å². The Balaban J connectivity index is 2.05. The number of fused-ring (bicyclic) bond motifs is 1. The summed E-state index contributed by atoms with van der Waals surface area (Å²) in [5.41, 5.74) is 3.50. The van der Waals surface area contributed by atoms with Gasteiger partial charge in [-0.05, 0) is 29.8 Å². The van der Waals surface area contributed by atoms with Gasteiger partial charge in [-0.15, -0.1) is 12.6 Å². The molecule has 0 radical (unpaired) electrons. The second-order valence-electron chi connectivity index (χ2n) is 6.42. The number of hydrogen-bond acceptors (Lipinski definition) is 7. The van der Waals surface area contributed by atoms with Crippen molar-refractivity contribution in [1.29, 1.82) is 5.41 Å². The van der Waals surface area contributed by atoms with Crippen LogP contribution < -0.4 is 10.6 Å². The fourth-order valence-corrected chi connectivity index (χ4v) is 3.19. The number of nitrogens with zero attached hydrogens (tertiary/aromatic N) is 1. The number of carboxylic acid groups (broad SMARTS) is 1. The Kier molecular flexibility index (Phi) is 7.05. The van der Waals surface area contributed by atoms with Gasteiger partial charge >= 0.3 is 5.97 Å². The van der Waals surface area contributed by atoms with Gasteiger partial charge in [-0.2, -0.15) is 0 Å². The van der Waals surface area contributed by atoms with Crippen LogP contribution in [0.25, 0.3) is 16.5 Å². The van der Waals surface area contributed by atoms with Gasteiger partial charge in [-0.25, -0.2) is 4.79 Å². The summed E-state index contributed by atoms with van der Waals surface area (Å²) in [7, 11) is 1.63. The number of benzene rings is 2. The highest BCUT2D eigenvalue weighted by Gasteiger charge is 2.13. The number of nitrogens with one attached hydrogen (secondary N) is 3. The molecule has 0 unspecified atom stereocenters. The highest BCUT2D eigenvalue weighted by Crippen LogP contribution is 2.33. The SMILES string of the molecule is COCCN/C=C(\C=N)c1ccc2ncc(S)c(Nc3ccccc3C(=O)O)c2c1. The fourth-order valence-electron chi connectivity index (χ4n) is 2.96. The lowest BCUT2D eigenvalue weighted by Gasteiger charge is -2.15. The third-order valence-electron chi connectivity index (χ3n) is 4.46. The zero-order valence-electron chi connectivity index (χ0n) is 16.3. The molecule has 1 heterocycles. The predicted molar refractivity (Wildman–Crippen MR) is 122 cm³/mol. The number of methoxy groups -OCH3 is 1. The van der Waals surface area contributed by atoms with E-state index in [0.717, 1.165) is 16.5 Å². The molecule has 0 spiro atoms. The minimum atomic E-state index is -1.02. The smallest absolute Gasteiger partial charge is 0.337 e. The Hall–Kier alpha value is -3.36. The van der Waals surface area contributed by atoms with Crippen LogP contribution in [-0.2, 0) is 4.74 Å². The van der Waals surface area contributed by atoms with Crippen molar-refractivity contribution in [2.75, 3.05) is 25.6 Å². The van der Waals surface area contributed by atoms with E-state index in [1.807, 2.05) is 18.2 Å². The van der Waals surface area contributed by atoms with Gasteiger partial charge in [0.25, 0.3) is 0 Å². The van der Waals surface area contributed by atoms with Crippen molar-refractivity contribution >= 4 is 52.7 Å². The highest BCUT2D eigenvalue weighted by molar-refractivity contribution is 7.80. The lowest BCUT2D eigenvalue weighted by atomic mass is 10.0. The van der Waals surface area contributed by atoms with Gasteiger partial charge in [-0.1, -0.05) is 18.2 Å². The zero-order valence-corrected chi connectivity index (χ0v) is 17.2. The van der Waals surface area contributed by atoms with E-state index in [9.17, 15) is 9.90 Å². The first-order valence-electron chi connectivity index (χ1n) is 9.19. The first-order chi connectivity index (χ1) is 14.5. The summed E-state index contributed by atoms with van der Waals surface area (Å²) in [6, 6.07) is 12.3. The van der Waals surface area contributed by atoms with Crippen molar-refractivity contribution in [2.24, 2.45) is 0 Å². The van der Waals surface area contributed by atoms with Crippen LogP contribution in [0.5, 0.6) is 0 Å². The van der Waals surface area contributed by atoms with Crippen LogP contribution in [0.3, 0.4) is 0 Å². The van der Waals surface area contributed by atoms with E-state index in [-0.39, 0.29) is 5.56 Å². The van der Waals surface area contributed by atoms with E-state index >= 15 is 0 Å². The maximum Gasteiger partial charge on any atom is 0.337 e. The second kappa shape index (κ2) is 9.91. The van der Waals surface area contributed by atoms with Crippen molar-refractivity contribution in [3.8, 4) is 0 Å². The molecule has 0 fully saturated rings. The van der Waals surface area contributed by atoms with Crippen LogP contribution in [0.2, 0.25) is 0 Å². The van der Waals surface area contributed by atoms with Crippen molar-refractivity contribution in [2.45, 2.75) is 4.90 Å². The zero-order chi connectivity index (χ0) is 21.5. The summed E-state index contributed by atoms with van der Waals surface area (Å²) < 4.78 is 5.02. The van der Waals surface area contributed by atoms with Crippen LogP contribution in [-0.4, -0.2) is 42.5 Å². The van der Waals surface area contributed by atoms with Crippen LogP contribution >= 0.6 is 12.6 Å². The molecule has 7 nitrogen and oxygen atoms in total. The van der Waals surface area contributed by atoms with Crippen LogP contribution in [0.4, 0.5) is 11.4 Å². The molecule has 3 rings (SSSR count). The molecular weight excluding hydrogens is 400 g/mol. The van der Waals surface area contributed by atoms with E-state index in [2.05, 4.69) is 28.2 Å². The topological polar surface area (TPSA) is 107 Å². The first-order valence-corrected chi connectivity index (χ1v) is 9.64. The van der Waals surface area contributed by atoms with Gasteiger partial charge in [0.15, 0.2) is 0 Å². The third-order valence-corrected chi connectivity index (χ3v) is 4.80. The van der Waals surface area contributed by atoms with Gasteiger partial charge in [0.2, 0.25) is 0 Å². The number of thiol groups is 1. The van der Waals surface area contributed by atoms with E-state index in [0.29, 0.717) is 35.0 Å². The number of rotatable bonds is 9. The summed E-state index contributed by atoms with van der Waals surface area (Å²) >= 11 is 4.52. The van der Waals surface area contributed by atoms with Gasteiger partial charge in [0.05, 0.1) is 29.1 Å². The largest absolute Gasteiger partial charge is 0.478 e. The third kappa shape index (κ3) is 4.79. The molecule has 0 aliphatic heterocycles. The Morgan fingerprint density at radius 3 is 2.83 bits per heavy atom. The summed E-state index contributed by atoms with van der Waals surface area (Å²) in [5, 5.41) is 24.3. The number of hydrogen-bond donors (Lipinski definition) is 5. The Bertz CT molecular complexity index is 1110. The summed E-state index contributed by atoms with van der Waals surface area (Å²) in [4.78, 5) is 16.6. The Labute approximate surface area is 179 Å². The second-order valence-corrected chi connectivity index (χ2v) is 6.90. The van der Waals surface area contributed by atoms with Crippen LogP contribution in [0.15, 0.2) is 59.8 Å². The molecule has 3 aromatic rings. The summed E-state index contributed by atoms with van der Waals surface area (Å²) in [6.45, 7) is 1.19. The van der Waals surface area contributed by atoms with Gasteiger partial charge in [0, 0.05) is 48.1 Å². The normalized spacial score (nSPS) is 11.3. The van der Waals surface area contributed by atoms with E-state index in [1.54, 1.807) is 43.8 Å². The average Bonchev–Trinajstić information content (AvgIpc) is 2.76. The number of aromatic nitrogens is 1. The molecule has 1 aromatic heterocycles. The number of pyridine rings is 1. The Morgan fingerprint density at radius 2 is 2.10 bits per heavy atom. The minimum absolute atomic E-state index is 0.161. The molecule has 0 bridgehead atoms. The number of aromatic carboxylic acids is 1. The summed E-state index contributed by atoms with van der Waals surface area (Å²) in [5.74, 6) is -1.02. The maximum atomic E-state index is 11.6. The van der Waals surface area contributed by atoms with E-state index in [4.69, 9.17) is 10.1 Å². The lowest BCUT2D eigenvalue weighted by molar-refractivity contribution is 0.0698. The number of anilines is 2. The molecule has 0 saturated carbocycles. The molecule has 8 heteroatoms. The molecule has 0 atom stereocenters. The van der Waals surface area contributed by atoms with E-state index < -0.39 is 5.97 Å². The number of carbonyl (C=O) groups is 1. The summed E-state index contributed by atoms with van der Waals surface area (Å²) in [6.07, 6.45) is 4.65. The molecule has 0 amide bonds. The standard InChI is InChI=1S/C22H22N4O3S/c1-29-9-8-24-12-15(11-23)14-6-7-18-17(10-14)21(20(30)13-25-18)26-19-5-3-2-4-16(19)22(27)28/h2-7,10-13,23-24,30H,8-9H2,1H3,(H,25,26)(H,27,28)/b15-12+,23-11?. The van der Waals surface area contributed by atoms with Crippen molar-refractivity contribution in [1.82, 2.24) is 10.3 Å². The Morgan fingerprint density at radius 1 is 1.30 bits per heavy atom. The number of para-hydroxylation sites is 1. The van der Waals surface area contributed by atoms with Crippen molar-refractivity contribution in [3.63, 3.8) is 0 Å². The highest BCUT2D eigenvalue weighted by atomic mass is 32.1. The average molecular weight is 423 g/mol. The van der Waals surface area contributed by atoms with Gasteiger partial charge in [0.1, 0.15) is 0 Å². The van der Waals surface area contributed by atoms with Crippen LogP contribution in [0.1, 0.15) is 15.9 Å². The minimum Gasteiger partial charge on any atom is -0.478 e. The molecular formula is C22H22N4O3S. The fraction of sp³-hybridized carbons (Fsp3) is 0.136. The number of ether oxygens (including phenoxy) is 1. The van der Waals surface area contributed by atoms with Gasteiger partial charge in [-0.3, -0.25) is 4.98 Å². The van der Waals surface area contributed by atoms with Gasteiger partial charge < -0.3 is 25.9 Å². The predicted octanol–water partition coefficient (Wildman–Crippen LogP) is 4.19. The molecule has 0 aliphatic rings. The van der Waals surface area contributed by atoms with Crippen molar-refractivity contribution in [3.05, 3.63) is 66.0 Å². The molecule has 0 aliphatic carbocycles. The lowest BCUT2D eigenvalue weighted by Crippen LogP contribution is -2.13. The number of allylic oxidation sites excluding steroid dienone is 1. The van der Waals surface area contributed by atoms with Crippen LogP contribution in [0, 0.1) is 5.41 Å². The molecule has 0 saturated heterocycles. The first kappa shape index (κ1) is 21.4. The molecule has 2 aromatic carbocycles. The van der Waals surface area contributed by atoms with Crippen molar-refractivity contribution < 1.29 is 14.6 Å². The monoisotopic (exact) mass is 422 g/mol.